The van der Waals surface area contributed by atoms with Gasteiger partial charge in [0.05, 0.1) is 5.41 Å². The standard InChI is InChI=1S/C39H33NO/c1-5-12-31(41)24-27(3)32-16-9-11-18-38(32)40-30-20-22-34-33-21-19-26(2)23-36(33)39(37(34)25-30)28(4)13-6-7-14-29-15-8-10-17-35(29)39/h5-25,40-41H,1,4H2,2-3H3/b13-6-,14-7-,27-24+,31-12+. The Hall–Kier alpha value is -5.08. The van der Waals surface area contributed by atoms with E-state index in [9.17, 15) is 5.11 Å². The molecule has 0 bridgehead atoms. The van der Waals surface area contributed by atoms with Crippen molar-refractivity contribution in [2.45, 2.75) is 19.3 Å². The molecule has 2 aliphatic rings. The van der Waals surface area contributed by atoms with Crippen molar-refractivity contribution in [1.29, 1.82) is 0 Å². The topological polar surface area (TPSA) is 32.3 Å². The van der Waals surface area contributed by atoms with E-state index in [0.29, 0.717) is 0 Å². The molecular formula is C39H33NO. The fourth-order valence-electron chi connectivity index (χ4n) is 6.32. The lowest BCUT2D eigenvalue weighted by molar-refractivity contribution is 0.433. The van der Waals surface area contributed by atoms with E-state index in [2.05, 4.69) is 122 Å². The van der Waals surface area contributed by atoms with Crippen LogP contribution in [0, 0.1) is 6.92 Å². The lowest BCUT2D eigenvalue weighted by Gasteiger charge is -2.36. The van der Waals surface area contributed by atoms with Gasteiger partial charge in [-0.25, -0.2) is 0 Å². The molecule has 0 radical (unpaired) electrons. The van der Waals surface area contributed by atoms with Crippen molar-refractivity contribution in [3.63, 3.8) is 0 Å². The van der Waals surface area contributed by atoms with Crippen LogP contribution >= 0.6 is 0 Å². The average Bonchev–Trinajstić information content (AvgIpc) is 3.24. The van der Waals surface area contributed by atoms with Crippen LogP contribution in [0.5, 0.6) is 0 Å². The zero-order valence-corrected chi connectivity index (χ0v) is 23.5. The summed E-state index contributed by atoms with van der Waals surface area (Å²) in [6, 6.07) is 30.3. The number of aliphatic hydroxyl groups excluding tert-OH is 1. The van der Waals surface area contributed by atoms with Gasteiger partial charge in [0.1, 0.15) is 5.76 Å². The van der Waals surface area contributed by atoms with Crippen LogP contribution in [0.4, 0.5) is 11.4 Å². The molecule has 41 heavy (non-hydrogen) atoms. The summed E-state index contributed by atoms with van der Waals surface area (Å²) in [7, 11) is 0. The molecule has 0 heterocycles. The number of nitrogens with one attached hydrogen (secondary N) is 1. The third-order valence-corrected chi connectivity index (χ3v) is 8.11. The maximum absolute atomic E-state index is 10.2. The molecule has 6 rings (SSSR count). The van der Waals surface area contributed by atoms with E-state index >= 15 is 0 Å². The summed E-state index contributed by atoms with van der Waals surface area (Å²) < 4.78 is 0. The number of rotatable bonds is 5. The van der Waals surface area contributed by atoms with E-state index in [1.54, 1.807) is 18.2 Å². The van der Waals surface area contributed by atoms with Crippen LogP contribution < -0.4 is 5.32 Å². The van der Waals surface area contributed by atoms with E-state index < -0.39 is 5.41 Å². The second kappa shape index (κ2) is 10.5. The van der Waals surface area contributed by atoms with Crippen LogP contribution in [-0.4, -0.2) is 5.11 Å². The Bertz CT molecular complexity index is 1830. The molecule has 0 saturated carbocycles. The molecule has 2 heteroatoms. The Kier molecular flexibility index (Phi) is 6.69. The van der Waals surface area contributed by atoms with Gasteiger partial charge in [-0.05, 0) is 88.7 Å². The number of allylic oxidation sites excluding steroid dienone is 8. The second-order valence-corrected chi connectivity index (χ2v) is 10.7. The van der Waals surface area contributed by atoms with Gasteiger partial charge in [-0.15, -0.1) is 0 Å². The fraction of sp³-hybridized carbons (Fsp3) is 0.0769. The molecule has 4 aromatic carbocycles. The molecule has 0 saturated heterocycles. The van der Waals surface area contributed by atoms with Gasteiger partial charge in [0.25, 0.3) is 0 Å². The summed E-state index contributed by atoms with van der Waals surface area (Å²) in [5.41, 5.74) is 13.0. The molecule has 200 valence electrons. The highest BCUT2D eigenvalue weighted by Crippen LogP contribution is 2.58. The minimum absolute atomic E-state index is 0.170. The molecule has 0 aromatic heterocycles. The third kappa shape index (κ3) is 4.38. The summed E-state index contributed by atoms with van der Waals surface area (Å²) >= 11 is 0. The smallest absolute Gasteiger partial charge is 0.115 e. The van der Waals surface area contributed by atoms with Gasteiger partial charge < -0.3 is 10.4 Å². The third-order valence-electron chi connectivity index (χ3n) is 8.11. The molecule has 1 unspecified atom stereocenters. The SMILES string of the molecule is C=C/C=C(O)\C=C(/C)c1ccccc1Nc1ccc2c(c1)C1(C(=C)/C=C\C=C/c3ccccc31)c1cc(C)ccc1-2. The number of hydrogen-bond donors (Lipinski definition) is 2. The molecule has 0 amide bonds. The molecule has 1 atom stereocenters. The monoisotopic (exact) mass is 531 g/mol. The molecule has 1 spiro atoms. The number of aryl methyl sites for hydroxylation is 1. The lowest BCUT2D eigenvalue weighted by Crippen LogP contribution is -2.30. The van der Waals surface area contributed by atoms with Crippen LogP contribution in [0.15, 0.2) is 146 Å². The Labute approximate surface area is 242 Å². The van der Waals surface area contributed by atoms with Gasteiger partial charge in [0.15, 0.2) is 0 Å². The predicted molar refractivity (Wildman–Crippen MR) is 175 cm³/mol. The lowest BCUT2D eigenvalue weighted by atomic mass is 9.65. The maximum Gasteiger partial charge on any atom is 0.115 e. The van der Waals surface area contributed by atoms with Gasteiger partial charge >= 0.3 is 0 Å². The van der Waals surface area contributed by atoms with Crippen LogP contribution in [0.1, 0.15) is 40.3 Å². The summed E-state index contributed by atoms with van der Waals surface area (Å²) in [6.45, 7) is 12.5. The Morgan fingerprint density at radius 2 is 1.54 bits per heavy atom. The van der Waals surface area contributed by atoms with E-state index in [1.807, 2.05) is 19.1 Å². The molecule has 2 N–H and O–H groups in total. The molecular weight excluding hydrogens is 498 g/mol. The summed E-state index contributed by atoms with van der Waals surface area (Å²) in [6.07, 6.45) is 13.5. The van der Waals surface area contributed by atoms with Gasteiger partial charge in [0.2, 0.25) is 0 Å². The van der Waals surface area contributed by atoms with Crippen molar-refractivity contribution >= 4 is 23.0 Å². The summed E-state index contributed by atoms with van der Waals surface area (Å²) in [5.74, 6) is 0.170. The first kappa shape index (κ1) is 26.2. The van der Waals surface area contributed by atoms with Crippen molar-refractivity contribution in [3.05, 3.63) is 179 Å². The van der Waals surface area contributed by atoms with Crippen LogP contribution in [0.2, 0.25) is 0 Å². The highest BCUT2D eigenvalue weighted by molar-refractivity contribution is 5.90. The minimum Gasteiger partial charge on any atom is -0.508 e. The molecule has 0 fully saturated rings. The second-order valence-electron chi connectivity index (χ2n) is 10.7. The maximum atomic E-state index is 10.2. The van der Waals surface area contributed by atoms with Crippen LogP contribution in [-0.2, 0) is 5.41 Å². The molecule has 4 aromatic rings. The first-order chi connectivity index (χ1) is 19.9. The van der Waals surface area contributed by atoms with Gasteiger partial charge in [-0.2, -0.15) is 0 Å². The number of aliphatic hydroxyl groups is 1. The van der Waals surface area contributed by atoms with Crippen molar-refractivity contribution in [2.24, 2.45) is 0 Å². The number of benzene rings is 4. The largest absolute Gasteiger partial charge is 0.508 e. The zero-order valence-electron chi connectivity index (χ0n) is 23.5. The minimum atomic E-state index is -0.525. The Morgan fingerprint density at radius 1 is 0.829 bits per heavy atom. The normalized spacial score (nSPS) is 19.0. The predicted octanol–water partition coefficient (Wildman–Crippen LogP) is 10.2. The Balaban J connectivity index is 1.55. The van der Waals surface area contributed by atoms with Crippen molar-refractivity contribution in [1.82, 2.24) is 0 Å². The fourth-order valence-corrected chi connectivity index (χ4v) is 6.32. The van der Waals surface area contributed by atoms with Gasteiger partial charge in [-0.3, -0.25) is 0 Å². The first-order valence-electron chi connectivity index (χ1n) is 13.9. The van der Waals surface area contributed by atoms with Crippen LogP contribution in [0.25, 0.3) is 22.8 Å². The van der Waals surface area contributed by atoms with E-state index in [0.717, 1.165) is 28.1 Å². The highest BCUT2D eigenvalue weighted by Gasteiger charge is 2.47. The van der Waals surface area contributed by atoms with Crippen molar-refractivity contribution in [2.75, 3.05) is 5.32 Å². The van der Waals surface area contributed by atoms with Crippen molar-refractivity contribution in [3.8, 4) is 11.1 Å². The zero-order chi connectivity index (χ0) is 28.6. The van der Waals surface area contributed by atoms with E-state index in [4.69, 9.17) is 0 Å². The number of para-hydroxylation sites is 1. The van der Waals surface area contributed by atoms with Gasteiger partial charge in [0, 0.05) is 16.9 Å². The molecule has 2 aliphatic carbocycles. The number of fused-ring (bicyclic) bond motifs is 7. The van der Waals surface area contributed by atoms with Crippen molar-refractivity contribution < 1.29 is 5.11 Å². The number of hydrogen-bond acceptors (Lipinski definition) is 2. The number of anilines is 2. The quantitative estimate of drug-likeness (QED) is 0.198. The van der Waals surface area contributed by atoms with Gasteiger partial charge in [-0.1, -0.05) is 116 Å². The van der Waals surface area contributed by atoms with E-state index in [-0.39, 0.29) is 5.76 Å². The molecule has 2 nitrogen and oxygen atoms in total. The summed E-state index contributed by atoms with van der Waals surface area (Å²) in [4.78, 5) is 0. The van der Waals surface area contributed by atoms with Crippen LogP contribution in [0.3, 0.4) is 0 Å². The molecule has 0 aliphatic heterocycles. The average molecular weight is 532 g/mol. The summed E-state index contributed by atoms with van der Waals surface area (Å²) in [5, 5.41) is 13.9. The first-order valence-corrected chi connectivity index (χ1v) is 13.9. The van der Waals surface area contributed by atoms with E-state index in [1.165, 1.54) is 38.9 Å². The highest BCUT2D eigenvalue weighted by atomic mass is 16.3. The Morgan fingerprint density at radius 3 is 2.37 bits per heavy atom.